The van der Waals surface area contributed by atoms with Gasteiger partial charge in [-0.2, -0.15) is 5.10 Å². The minimum Gasteiger partial charge on any atom is -0.444 e. The Morgan fingerprint density at radius 2 is 1.81 bits per heavy atom. The molecule has 0 aliphatic heterocycles. The molecule has 0 amide bonds. The van der Waals surface area contributed by atoms with Crippen LogP contribution in [0.3, 0.4) is 0 Å². The zero-order valence-corrected chi connectivity index (χ0v) is 10.7. The second-order valence-corrected chi connectivity index (χ2v) is 4.13. The maximum Gasteiger partial charge on any atom is 0.230 e. The van der Waals surface area contributed by atoms with Gasteiger partial charge < -0.3 is 8.83 Å². The average Bonchev–Trinajstić information content (AvgIpc) is 3.28. The molecular weight excluding hydrogens is 270 g/mol. The van der Waals surface area contributed by atoms with Crippen LogP contribution in [0.25, 0.3) is 28.6 Å². The quantitative estimate of drug-likeness (QED) is 0.572. The lowest BCUT2D eigenvalue weighted by atomic mass is 10.1. The normalized spacial score (nSPS) is 10.9. The Labute approximate surface area is 118 Å². The van der Waals surface area contributed by atoms with E-state index in [-0.39, 0.29) is 0 Å². The van der Waals surface area contributed by atoms with Crippen LogP contribution in [0.4, 0.5) is 0 Å². The lowest BCUT2D eigenvalue weighted by Crippen LogP contribution is -2.02. The topological polar surface area (TPSA) is 82.8 Å². The summed E-state index contributed by atoms with van der Waals surface area (Å²) in [7, 11) is 0. The number of rotatable bonds is 3. The molecule has 4 aromatic heterocycles. The number of hydrogen-bond acceptors (Lipinski definition) is 6. The third kappa shape index (κ3) is 1.91. The molecule has 0 aromatic carbocycles. The second kappa shape index (κ2) is 4.71. The summed E-state index contributed by atoms with van der Waals surface area (Å²) in [6.07, 6.45) is 14.1. The third-order valence-corrected chi connectivity index (χ3v) is 2.90. The van der Waals surface area contributed by atoms with Gasteiger partial charge in [-0.3, -0.25) is 4.98 Å². The molecular formula is C14H8N5O2. The van der Waals surface area contributed by atoms with Crippen LogP contribution in [0.2, 0.25) is 0 Å². The molecule has 0 unspecified atom stereocenters. The van der Waals surface area contributed by atoms with Crippen molar-refractivity contribution in [3.63, 3.8) is 0 Å². The van der Waals surface area contributed by atoms with E-state index in [0.29, 0.717) is 28.6 Å². The highest BCUT2D eigenvalue weighted by atomic mass is 16.3. The van der Waals surface area contributed by atoms with Gasteiger partial charge in [0.2, 0.25) is 11.8 Å². The second-order valence-electron chi connectivity index (χ2n) is 4.13. The van der Waals surface area contributed by atoms with E-state index in [2.05, 4.69) is 26.2 Å². The van der Waals surface area contributed by atoms with Crippen LogP contribution in [0, 0.1) is 6.20 Å². The van der Waals surface area contributed by atoms with Crippen molar-refractivity contribution < 1.29 is 8.83 Å². The first-order valence-corrected chi connectivity index (χ1v) is 6.14. The molecule has 0 saturated heterocycles. The average molecular weight is 278 g/mol. The molecule has 4 aromatic rings. The van der Waals surface area contributed by atoms with Gasteiger partial charge in [0.1, 0.15) is 18.7 Å². The molecule has 4 heterocycles. The lowest BCUT2D eigenvalue weighted by Gasteiger charge is -2.09. The van der Waals surface area contributed by atoms with Gasteiger partial charge in [0.05, 0.1) is 29.2 Å². The van der Waals surface area contributed by atoms with Crippen LogP contribution in [0.15, 0.2) is 58.4 Å². The molecule has 0 fully saturated rings. The van der Waals surface area contributed by atoms with Crippen LogP contribution in [-0.4, -0.2) is 24.7 Å². The summed E-state index contributed by atoms with van der Waals surface area (Å²) in [4.78, 5) is 12.4. The molecule has 0 aliphatic carbocycles. The molecule has 0 aliphatic rings. The Hall–Kier alpha value is -3.22. The van der Waals surface area contributed by atoms with E-state index in [1.54, 1.807) is 29.5 Å². The molecule has 0 atom stereocenters. The van der Waals surface area contributed by atoms with Crippen molar-refractivity contribution in [2.45, 2.75) is 0 Å². The maximum absolute atomic E-state index is 5.37. The summed E-state index contributed by atoms with van der Waals surface area (Å²) in [5, 5.41) is 4.26. The highest BCUT2D eigenvalue weighted by Crippen LogP contribution is 2.32. The minimum atomic E-state index is 0.404. The Bertz CT molecular complexity index is 783. The van der Waals surface area contributed by atoms with E-state index in [1.165, 1.54) is 12.5 Å². The monoisotopic (exact) mass is 278 g/mol. The van der Waals surface area contributed by atoms with Crippen molar-refractivity contribution in [2.24, 2.45) is 0 Å². The van der Waals surface area contributed by atoms with Crippen LogP contribution >= 0.6 is 0 Å². The molecule has 0 saturated carbocycles. The van der Waals surface area contributed by atoms with Crippen LogP contribution in [0.1, 0.15) is 0 Å². The van der Waals surface area contributed by atoms with Gasteiger partial charge in [0, 0.05) is 18.6 Å². The van der Waals surface area contributed by atoms with Gasteiger partial charge >= 0.3 is 0 Å². The standard InChI is InChI=1S/C14H8N5O2/c1-2-18-19(5-1)12-10(13-16-3-6-20-13)8-15-9-11(12)14-17-4-7-21-14/h1-8H. The van der Waals surface area contributed by atoms with Crippen LogP contribution < -0.4 is 0 Å². The first-order valence-electron chi connectivity index (χ1n) is 6.14. The predicted molar refractivity (Wildman–Crippen MR) is 71.2 cm³/mol. The van der Waals surface area contributed by atoms with Gasteiger partial charge in [-0.15, -0.1) is 0 Å². The van der Waals surface area contributed by atoms with Crippen molar-refractivity contribution in [1.29, 1.82) is 0 Å². The molecule has 7 heteroatoms. The SMILES string of the molecule is [c]1ncc(-c2ncco2)c(-n2cccn2)c1-c1ncco1. The first-order chi connectivity index (χ1) is 10.4. The summed E-state index contributed by atoms with van der Waals surface area (Å²) in [6.45, 7) is 0. The van der Waals surface area contributed by atoms with Crippen LogP contribution in [-0.2, 0) is 0 Å². The number of oxazole rings is 2. The molecule has 0 spiro atoms. The van der Waals surface area contributed by atoms with Gasteiger partial charge in [0.25, 0.3) is 0 Å². The molecule has 1 radical (unpaired) electrons. The third-order valence-electron chi connectivity index (χ3n) is 2.90. The van der Waals surface area contributed by atoms with E-state index >= 15 is 0 Å². The maximum atomic E-state index is 5.37. The Balaban J connectivity index is 2.03. The van der Waals surface area contributed by atoms with Gasteiger partial charge in [-0.05, 0) is 6.07 Å². The first kappa shape index (κ1) is 11.6. The Morgan fingerprint density at radius 3 is 2.48 bits per heavy atom. The van der Waals surface area contributed by atoms with Crippen molar-refractivity contribution in [3.8, 4) is 28.6 Å². The predicted octanol–water partition coefficient (Wildman–Crippen LogP) is 2.38. The summed E-state index contributed by atoms with van der Waals surface area (Å²) in [6, 6.07) is 1.82. The Kier molecular flexibility index (Phi) is 2.60. The summed E-state index contributed by atoms with van der Waals surface area (Å²) in [5.74, 6) is 0.844. The smallest absolute Gasteiger partial charge is 0.230 e. The summed E-state index contributed by atoms with van der Waals surface area (Å²) in [5.41, 5.74) is 1.95. The fraction of sp³-hybridized carbons (Fsp3) is 0. The zero-order valence-electron chi connectivity index (χ0n) is 10.7. The van der Waals surface area contributed by atoms with Crippen molar-refractivity contribution in [3.05, 3.63) is 55.8 Å². The van der Waals surface area contributed by atoms with Crippen molar-refractivity contribution in [2.75, 3.05) is 0 Å². The van der Waals surface area contributed by atoms with E-state index < -0.39 is 0 Å². The van der Waals surface area contributed by atoms with Crippen LogP contribution in [0.5, 0.6) is 0 Å². The molecule has 101 valence electrons. The van der Waals surface area contributed by atoms with Crippen molar-refractivity contribution >= 4 is 0 Å². The molecule has 7 nitrogen and oxygen atoms in total. The van der Waals surface area contributed by atoms with E-state index in [0.717, 1.165) is 0 Å². The van der Waals surface area contributed by atoms with Gasteiger partial charge in [-0.25, -0.2) is 14.6 Å². The van der Waals surface area contributed by atoms with Gasteiger partial charge in [-0.1, -0.05) is 0 Å². The summed E-state index contributed by atoms with van der Waals surface area (Å²) < 4.78 is 12.4. The molecule has 4 rings (SSSR count). The van der Waals surface area contributed by atoms with E-state index in [4.69, 9.17) is 8.83 Å². The minimum absolute atomic E-state index is 0.404. The fourth-order valence-electron chi connectivity index (χ4n) is 2.06. The fourth-order valence-corrected chi connectivity index (χ4v) is 2.06. The molecule has 21 heavy (non-hydrogen) atoms. The van der Waals surface area contributed by atoms with E-state index in [9.17, 15) is 0 Å². The molecule has 0 bridgehead atoms. The number of aromatic nitrogens is 5. The highest BCUT2D eigenvalue weighted by molar-refractivity contribution is 5.77. The zero-order chi connectivity index (χ0) is 14.1. The van der Waals surface area contributed by atoms with Crippen molar-refractivity contribution in [1.82, 2.24) is 24.7 Å². The number of hydrogen-bond donors (Lipinski definition) is 0. The Morgan fingerprint density at radius 1 is 1.00 bits per heavy atom. The largest absolute Gasteiger partial charge is 0.444 e. The summed E-state index contributed by atoms with van der Waals surface area (Å²) >= 11 is 0. The molecule has 0 N–H and O–H groups in total. The number of nitrogens with zero attached hydrogens (tertiary/aromatic N) is 5. The highest BCUT2D eigenvalue weighted by Gasteiger charge is 2.20. The van der Waals surface area contributed by atoms with Gasteiger partial charge in [0.15, 0.2) is 0 Å². The van der Waals surface area contributed by atoms with E-state index in [1.807, 2.05) is 12.3 Å². The number of pyridine rings is 1. The lowest BCUT2D eigenvalue weighted by molar-refractivity contribution is 0.570.